The molecule has 0 radical (unpaired) electrons. The quantitative estimate of drug-likeness (QED) is 0.918. The molecule has 1 amide bonds. The SMILES string of the molecule is CSC(C)C(=O)N1CCc2ccccc2C1C(=O)O. The number of carboxylic acid groups (broad SMARTS) is 1. The summed E-state index contributed by atoms with van der Waals surface area (Å²) in [5, 5.41) is 9.24. The number of thioether (sulfide) groups is 1. The van der Waals surface area contributed by atoms with Crippen molar-refractivity contribution in [1.82, 2.24) is 4.90 Å². The van der Waals surface area contributed by atoms with Crippen molar-refractivity contribution in [2.45, 2.75) is 24.6 Å². The fourth-order valence-electron chi connectivity index (χ4n) is 2.40. The third-order valence-corrected chi connectivity index (χ3v) is 4.41. The van der Waals surface area contributed by atoms with Crippen molar-refractivity contribution in [3.63, 3.8) is 0 Å². The van der Waals surface area contributed by atoms with Gasteiger partial charge in [-0.3, -0.25) is 4.79 Å². The number of carbonyl (C=O) groups is 2. The molecule has 0 bridgehead atoms. The van der Waals surface area contributed by atoms with E-state index in [2.05, 4.69) is 0 Å². The van der Waals surface area contributed by atoms with E-state index in [1.807, 2.05) is 31.4 Å². The summed E-state index contributed by atoms with van der Waals surface area (Å²) in [6.45, 7) is 2.28. The van der Waals surface area contributed by atoms with Crippen LogP contribution in [0.5, 0.6) is 0 Å². The third kappa shape index (κ3) is 2.61. The average Bonchev–Trinajstić information content (AvgIpc) is 2.44. The monoisotopic (exact) mass is 279 g/mol. The van der Waals surface area contributed by atoms with Crippen molar-refractivity contribution < 1.29 is 14.7 Å². The molecule has 1 aliphatic rings. The van der Waals surface area contributed by atoms with E-state index in [1.165, 1.54) is 16.7 Å². The van der Waals surface area contributed by atoms with Gasteiger partial charge in [0.25, 0.3) is 0 Å². The molecule has 1 heterocycles. The Kier molecular flexibility index (Phi) is 4.14. The van der Waals surface area contributed by atoms with Crippen molar-refractivity contribution >= 4 is 23.6 Å². The lowest BCUT2D eigenvalue weighted by atomic mass is 9.92. The molecule has 0 aliphatic carbocycles. The third-order valence-electron chi connectivity index (χ3n) is 3.50. The van der Waals surface area contributed by atoms with Gasteiger partial charge in [-0.15, -0.1) is 0 Å². The molecule has 0 spiro atoms. The minimum Gasteiger partial charge on any atom is -0.479 e. The number of amides is 1. The summed E-state index contributed by atoms with van der Waals surface area (Å²) < 4.78 is 0. The Hall–Kier alpha value is -1.49. The van der Waals surface area contributed by atoms with Gasteiger partial charge >= 0.3 is 5.97 Å². The zero-order valence-corrected chi connectivity index (χ0v) is 11.8. The fraction of sp³-hybridized carbons (Fsp3) is 0.429. The van der Waals surface area contributed by atoms with E-state index in [1.54, 1.807) is 6.07 Å². The second-order valence-electron chi connectivity index (χ2n) is 4.60. The molecule has 2 unspecified atom stereocenters. The Balaban J connectivity index is 2.37. The van der Waals surface area contributed by atoms with Crippen LogP contribution in [0.1, 0.15) is 24.1 Å². The summed E-state index contributed by atoms with van der Waals surface area (Å²) in [5.74, 6) is -1.07. The predicted molar refractivity (Wildman–Crippen MR) is 75.2 cm³/mol. The second kappa shape index (κ2) is 5.65. The first-order valence-electron chi connectivity index (χ1n) is 6.20. The highest BCUT2D eigenvalue weighted by atomic mass is 32.2. The smallest absolute Gasteiger partial charge is 0.331 e. The summed E-state index contributed by atoms with van der Waals surface area (Å²) in [6, 6.07) is 6.61. The predicted octanol–water partition coefficient (Wildman–Crippen LogP) is 1.95. The van der Waals surface area contributed by atoms with Crippen LogP contribution in [0.15, 0.2) is 24.3 Å². The molecular weight excluding hydrogens is 262 g/mol. The molecule has 0 fully saturated rings. The van der Waals surface area contributed by atoms with Crippen molar-refractivity contribution in [1.29, 1.82) is 0 Å². The molecular formula is C14H17NO3S. The molecule has 1 N–H and O–H groups in total. The maximum absolute atomic E-state index is 12.3. The van der Waals surface area contributed by atoms with E-state index < -0.39 is 12.0 Å². The van der Waals surface area contributed by atoms with E-state index in [4.69, 9.17) is 0 Å². The second-order valence-corrected chi connectivity index (χ2v) is 5.78. The molecule has 2 rings (SSSR count). The number of aliphatic carboxylic acids is 1. The zero-order chi connectivity index (χ0) is 14.0. The van der Waals surface area contributed by atoms with Crippen LogP contribution >= 0.6 is 11.8 Å². The van der Waals surface area contributed by atoms with Crippen LogP contribution in [-0.2, 0) is 16.0 Å². The molecule has 0 aromatic heterocycles. The molecule has 2 atom stereocenters. The number of carbonyl (C=O) groups excluding carboxylic acids is 1. The van der Waals surface area contributed by atoms with Crippen molar-refractivity contribution in [3.8, 4) is 0 Å². The summed E-state index contributed by atoms with van der Waals surface area (Å²) in [5.41, 5.74) is 1.76. The molecule has 1 aromatic carbocycles. The molecule has 4 nitrogen and oxygen atoms in total. The Labute approximate surface area is 116 Å². The highest BCUT2D eigenvalue weighted by Crippen LogP contribution is 2.31. The van der Waals surface area contributed by atoms with Crippen LogP contribution in [-0.4, -0.2) is 39.9 Å². The van der Waals surface area contributed by atoms with Gasteiger partial charge in [0.1, 0.15) is 0 Å². The van der Waals surface area contributed by atoms with Crippen molar-refractivity contribution in [2.75, 3.05) is 12.8 Å². The lowest BCUT2D eigenvalue weighted by molar-refractivity contribution is -0.150. The normalized spacial score (nSPS) is 19.7. The Morgan fingerprint density at radius 3 is 2.74 bits per heavy atom. The highest BCUT2D eigenvalue weighted by Gasteiger charge is 2.36. The van der Waals surface area contributed by atoms with Crippen molar-refractivity contribution in [3.05, 3.63) is 35.4 Å². The number of hydrogen-bond donors (Lipinski definition) is 1. The molecule has 1 aromatic rings. The van der Waals surface area contributed by atoms with Gasteiger partial charge in [-0.05, 0) is 30.7 Å². The number of carboxylic acids is 1. The first-order valence-corrected chi connectivity index (χ1v) is 7.49. The Morgan fingerprint density at radius 1 is 1.42 bits per heavy atom. The van der Waals surface area contributed by atoms with Gasteiger partial charge < -0.3 is 10.0 Å². The lowest BCUT2D eigenvalue weighted by Crippen LogP contribution is -2.46. The number of nitrogens with zero attached hydrogens (tertiary/aromatic N) is 1. The van der Waals surface area contributed by atoms with E-state index >= 15 is 0 Å². The van der Waals surface area contributed by atoms with Gasteiger partial charge in [0.2, 0.25) is 5.91 Å². The Morgan fingerprint density at radius 2 is 2.11 bits per heavy atom. The first kappa shape index (κ1) is 13.9. The maximum Gasteiger partial charge on any atom is 0.331 e. The highest BCUT2D eigenvalue weighted by molar-refractivity contribution is 7.99. The molecule has 0 saturated carbocycles. The largest absolute Gasteiger partial charge is 0.479 e. The van der Waals surface area contributed by atoms with Crippen LogP contribution in [0, 0.1) is 0 Å². The van der Waals surface area contributed by atoms with Gasteiger partial charge in [0.05, 0.1) is 5.25 Å². The van der Waals surface area contributed by atoms with Gasteiger partial charge in [0.15, 0.2) is 6.04 Å². The average molecular weight is 279 g/mol. The van der Waals surface area contributed by atoms with Crippen LogP contribution in [0.4, 0.5) is 0 Å². The molecule has 19 heavy (non-hydrogen) atoms. The first-order chi connectivity index (χ1) is 9.06. The van der Waals surface area contributed by atoms with E-state index in [0.29, 0.717) is 13.0 Å². The molecule has 102 valence electrons. The van der Waals surface area contributed by atoms with Crippen molar-refractivity contribution in [2.24, 2.45) is 0 Å². The topological polar surface area (TPSA) is 57.6 Å². The molecule has 5 heteroatoms. The van der Waals surface area contributed by atoms with Crippen LogP contribution in [0.25, 0.3) is 0 Å². The van der Waals surface area contributed by atoms with E-state index in [0.717, 1.165) is 11.1 Å². The molecule has 0 saturated heterocycles. The van der Waals surface area contributed by atoms with Crippen LogP contribution in [0.3, 0.4) is 0 Å². The minimum atomic E-state index is -0.964. The van der Waals surface area contributed by atoms with Gasteiger partial charge in [0, 0.05) is 6.54 Å². The molecule has 1 aliphatic heterocycles. The van der Waals surface area contributed by atoms with E-state index in [-0.39, 0.29) is 11.2 Å². The van der Waals surface area contributed by atoms with Gasteiger partial charge in [-0.25, -0.2) is 4.79 Å². The summed E-state index contributed by atoms with van der Waals surface area (Å²) in [6.07, 6.45) is 2.57. The fourth-order valence-corrected chi connectivity index (χ4v) is 2.74. The Bertz CT molecular complexity index is 503. The van der Waals surface area contributed by atoms with Gasteiger partial charge in [-0.2, -0.15) is 11.8 Å². The minimum absolute atomic E-state index is 0.102. The van der Waals surface area contributed by atoms with E-state index in [9.17, 15) is 14.7 Å². The zero-order valence-electron chi connectivity index (χ0n) is 11.0. The van der Waals surface area contributed by atoms with Gasteiger partial charge in [-0.1, -0.05) is 24.3 Å². The number of hydrogen-bond acceptors (Lipinski definition) is 3. The summed E-state index contributed by atoms with van der Waals surface area (Å²) >= 11 is 1.44. The standard InChI is InChI=1S/C14H17NO3S/c1-9(19-2)13(16)15-8-7-10-5-3-4-6-11(10)12(15)14(17)18/h3-6,9,12H,7-8H2,1-2H3,(H,17,18). The lowest BCUT2D eigenvalue weighted by Gasteiger charge is -2.36. The van der Waals surface area contributed by atoms with Crippen LogP contribution < -0.4 is 0 Å². The number of benzene rings is 1. The number of rotatable bonds is 3. The summed E-state index contributed by atoms with van der Waals surface area (Å²) in [4.78, 5) is 25.3. The maximum atomic E-state index is 12.3. The summed E-state index contributed by atoms with van der Waals surface area (Å²) in [7, 11) is 0. The number of fused-ring (bicyclic) bond motifs is 1. The van der Waals surface area contributed by atoms with Crippen LogP contribution in [0.2, 0.25) is 0 Å².